The van der Waals surface area contributed by atoms with E-state index in [1.807, 2.05) is 12.1 Å². The first-order valence-electron chi connectivity index (χ1n) is 5.11. The highest BCUT2D eigenvalue weighted by atomic mass is 16.4. The van der Waals surface area contributed by atoms with E-state index in [0.29, 0.717) is 0 Å². The number of nitrogens with zero attached hydrogens (tertiary/aromatic N) is 1. The van der Waals surface area contributed by atoms with Crippen LogP contribution >= 0.6 is 0 Å². The summed E-state index contributed by atoms with van der Waals surface area (Å²) in [6, 6.07) is 10.4. The van der Waals surface area contributed by atoms with Crippen LogP contribution in [0.4, 0.5) is 0 Å². The average Bonchev–Trinajstić information content (AvgIpc) is 2.30. The third kappa shape index (κ3) is 2.81. The molecular weight excluding hydrogens is 218 g/mol. The third-order valence-electron chi connectivity index (χ3n) is 2.35. The molecule has 0 atom stereocenters. The van der Waals surface area contributed by atoms with Gasteiger partial charge in [0.25, 0.3) is 0 Å². The number of aromatic nitrogens is 1. The molecule has 1 aromatic heterocycles. The van der Waals surface area contributed by atoms with Gasteiger partial charge in [0.15, 0.2) is 0 Å². The van der Waals surface area contributed by atoms with Crippen LogP contribution in [0.5, 0.6) is 5.75 Å². The Kier molecular flexibility index (Phi) is 3.05. The topological polar surface area (TPSA) is 70.4 Å². The number of carboxylic acid groups (broad SMARTS) is 1. The van der Waals surface area contributed by atoms with Crippen LogP contribution in [0.1, 0.15) is 5.56 Å². The van der Waals surface area contributed by atoms with Gasteiger partial charge in [-0.1, -0.05) is 24.3 Å². The molecule has 86 valence electrons. The fraction of sp³-hybridized carbons (Fsp3) is 0.0769. The van der Waals surface area contributed by atoms with Crippen molar-refractivity contribution in [1.82, 2.24) is 4.98 Å². The number of pyridine rings is 1. The van der Waals surface area contributed by atoms with E-state index < -0.39 is 5.97 Å². The molecule has 0 amide bonds. The number of hydrogen-bond acceptors (Lipinski definition) is 3. The minimum Gasteiger partial charge on any atom is -0.506 e. The third-order valence-corrected chi connectivity index (χ3v) is 2.35. The number of benzene rings is 1. The van der Waals surface area contributed by atoms with Crippen LogP contribution in [-0.4, -0.2) is 21.2 Å². The second-order valence-corrected chi connectivity index (χ2v) is 3.67. The molecule has 17 heavy (non-hydrogen) atoms. The van der Waals surface area contributed by atoms with E-state index in [1.165, 1.54) is 6.20 Å². The van der Waals surface area contributed by atoms with Crippen LogP contribution in [0.3, 0.4) is 0 Å². The van der Waals surface area contributed by atoms with Gasteiger partial charge in [-0.3, -0.25) is 9.78 Å². The Morgan fingerprint density at radius 3 is 2.35 bits per heavy atom. The van der Waals surface area contributed by atoms with Crippen molar-refractivity contribution in [2.24, 2.45) is 0 Å². The van der Waals surface area contributed by atoms with Gasteiger partial charge in [-0.2, -0.15) is 0 Å². The van der Waals surface area contributed by atoms with E-state index in [9.17, 15) is 4.79 Å². The first-order chi connectivity index (χ1) is 8.15. The van der Waals surface area contributed by atoms with Crippen molar-refractivity contribution in [3.8, 4) is 17.0 Å². The minimum atomic E-state index is -0.847. The standard InChI is InChI=1S/C13H11NO3/c15-11-5-6-12(14-8-11)10-3-1-9(2-4-10)7-13(16)17/h1-6,8,15H,7H2,(H,16,17). The van der Waals surface area contributed by atoms with Crippen molar-refractivity contribution in [3.63, 3.8) is 0 Å². The normalized spacial score (nSPS) is 10.1. The van der Waals surface area contributed by atoms with Crippen molar-refractivity contribution in [1.29, 1.82) is 0 Å². The number of carboxylic acids is 1. The number of hydrogen-bond donors (Lipinski definition) is 2. The van der Waals surface area contributed by atoms with Crippen LogP contribution in [0.25, 0.3) is 11.3 Å². The van der Waals surface area contributed by atoms with Crippen LogP contribution < -0.4 is 0 Å². The summed E-state index contributed by atoms with van der Waals surface area (Å²) < 4.78 is 0. The molecule has 0 aliphatic heterocycles. The highest BCUT2D eigenvalue weighted by Crippen LogP contribution is 2.19. The van der Waals surface area contributed by atoms with Crippen molar-refractivity contribution in [2.45, 2.75) is 6.42 Å². The summed E-state index contributed by atoms with van der Waals surface area (Å²) in [6.45, 7) is 0. The molecule has 0 aliphatic rings. The molecule has 0 aliphatic carbocycles. The highest BCUT2D eigenvalue weighted by Gasteiger charge is 2.02. The van der Waals surface area contributed by atoms with Gasteiger partial charge in [-0.15, -0.1) is 0 Å². The van der Waals surface area contributed by atoms with E-state index in [-0.39, 0.29) is 12.2 Å². The zero-order valence-electron chi connectivity index (χ0n) is 9.00. The van der Waals surface area contributed by atoms with Gasteiger partial charge >= 0.3 is 5.97 Å². The summed E-state index contributed by atoms with van der Waals surface area (Å²) >= 11 is 0. The predicted octanol–water partition coefficient (Wildman–Crippen LogP) is 2.08. The first kappa shape index (κ1) is 11.1. The van der Waals surface area contributed by atoms with E-state index in [2.05, 4.69) is 4.98 Å². The Hall–Kier alpha value is -2.36. The van der Waals surface area contributed by atoms with E-state index in [4.69, 9.17) is 10.2 Å². The van der Waals surface area contributed by atoms with Crippen LogP contribution in [0.2, 0.25) is 0 Å². The van der Waals surface area contributed by atoms with Crippen molar-refractivity contribution >= 4 is 5.97 Å². The molecule has 4 nitrogen and oxygen atoms in total. The number of rotatable bonds is 3. The Bertz CT molecular complexity index is 517. The largest absolute Gasteiger partial charge is 0.506 e. The van der Waals surface area contributed by atoms with Gasteiger partial charge < -0.3 is 10.2 Å². The second-order valence-electron chi connectivity index (χ2n) is 3.67. The first-order valence-corrected chi connectivity index (χ1v) is 5.11. The maximum Gasteiger partial charge on any atom is 0.307 e. The van der Waals surface area contributed by atoms with E-state index in [1.54, 1.807) is 24.3 Å². The molecule has 1 heterocycles. The summed E-state index contributed by atoms with van der Waals surface area (Å²) in [4.78, 5) is 14.6. The predicted molar refractivity (Wildman–Crippen MR) is 62.7 cm³/mol. The molecule has 0 saturated heterocycles. The smallest absolute Gasteiger partial charge is 0.307 e. The van der Waals surface area contributed by atoms with Gasteiger partial charge in [-0.25, -0.2) is 0 Å². The Balaban J connectivity index is 2.23. The molecule has 0 radical (unpaired) electrons. The quantitative estimate of drug-likeness (QED) is 0.845. The van der Waals surface area contributed by atoms with Gasteiger partial charge in [0.1, 0.15) is 5.75 Å². The fourth-order valence-electron chi connectivity index (χ4n) is 1.52. The van der Waals surface area contributed by atoms with Crippen LogP contribution in [0, 0.1) is 0 Å². The minimum absolute atomic E-state index is 0.0171. The SMILES string of the molecule is O=C(O)Cc1ccc(-c2ccc(O)cn2)cc1. The van der Waals surface area contributed by atoms with Crippen LogP contribution in [0.15, 0.2) is 42.6 Å². The van der Waals surface area contributed by atoms with Gasteiger partial charge in [0.2, 0.25) is 0 Å². The Labute approximate surface area is 98.2 Å². The summed E-state index contributed by atoms with van der Waals surface area (Å²) in [5.41, 5.74) is 2.38. The number of aliphatic carboxylic acids is 1. The Morgan fingerprint density at radius 1 is 1.12 bits per heavy atom. The molecule has 0 fully saturated rings. The summed E-state index contributed by atoms with van der Waals surface area (Å²) in [7, 11) is 0. The highest BCUT2D eigenvalue weighted by molar-refractivity contribution is 5.70. The number of aromatic hydroxyl groups is 1. The fourth-order valence-corrected chi connectivity index (χ4v) is 1.52. The zero-order chi connectivity index (χ0) is 12.3. The summed E-state index contributed by atoms with van der Waals surface area (Å²) in [5.74, 6) is -0.725. The monoisotopic (exact) mass is 229 g/mol. The molecule has 4 heteroatoms. The maximum atomic E-state index is 10.5. The zero-order valence-corrected chi connectivity index (χ0v) is 9.00. The lowest BCUT2D eigenvalue weighted by Crippen LogP contribution is -1.99. The molecular formula is C13H11NO3. The molecule has 0 saturated carbocycles. The van der Waals surface area contributed by atoms with Crippen molar-refractivity contribution < 1.29 is 15.0 Å². The molecule has 1 aromatic carbocycles. The molecule has 0 bridgehead atoms. The summed E-state index contributed by atoms with van der Waals surface area (Å²) in [5, 5.41) is 17.8. The van der Waals surface area contributed by atoms with Crippen LogP contribution in [-0.2, 0) is 11.2 Å². The van der Waals surface area contributed by atoms with Crippen molar-refractivity contribution in [3.05, 3.63) is 48.2 Å². The summed E-state index contributed by atoms with van der Waals surface area (Å²) in [6.07, 6.45) is 1.39. The van der Waals surface area contributed by atoms with Gasteiger partial charge in [0, 0.05) is 5.56 Å². The molecule has 0 spiro atoms. The van der Waals surface area contributed by atoms with Gasteiger partial charge in [-0.05, 0) is 17.7 Å². The van der Waals surface area contributed by atoms with E-state index in [0.717, 1.165) is 16.8 Å². The maximum absolute atomic E-state index is 10.5. The molecule has 2 N–H and O–H groups in total. The van der Waals surface area contributed by atoms with Gasteiger partial charge in [0.05, 0.1) is 18.3 Å². The molecule has 2 aromatic rings. The second kappa shape index (κ2) is 4.65. The van der Waals surface area contributed by atoms with E-state index >= 15 is 0 Å². The Morgan fingerprint density at radius 2 is 1.82 bits per heavy atom. The average molecular weight is 229 g/mol. The lowest BCUT2D eigenvalue weighted by molar-refractivity contribution is -0.136. The molecule has 0 unspecified atom stereocenters. The number of carbonyl (C=O) groups is 1. The molecule has 2 rings (SSSR count). The lowest BCUT2D eigenvalue weighted by atomic mass is 10.1. The lowest BCUT2D eigenvalue weighted by Gasteiger charge is -2.02. The van der Waals surface area contributed by atoms with Crippen molar-refractivity contribution in [2.75, 3.05) is 0 Å².